The van der Waals surface area contributed by atoms with Gasteiger partial charge in [-0.15, -0.1) is 0 Å². The normalized spacial score (nSPS) is 11.2. The highest BCUT2D eigenvalue weighted by atomic mass is 19.1. The Morgan fingerprint density at radius 3 is 2.36 bits per heavy atom. The summed E-state index contributed by atoms with van der Waals surface area (Å²) < 4.78 is 36.7. The number of halogens is 2. The van der Waals surface area contributed by atoms with Gasteiger partial charge in [0, 0.05) is 11.6 Å². The highest BCUT2D eigenvalue weighted by Crippen LogP contribution is 2.27. The summed E-state index contributed by atoms with van der Waals surface area (Å²) in [5.41, 5.74) is 4.08. The molecule has 0 atom stereocenters. The van der Waals surface area contributed by atoms with Crippen LogP contribution in [0, 0.1) is 11.6 Å². The monoisotopic (exact) mass is 306 g/mol. The molecule has 0 saturated heterocycles. The van der Waals surface area contributed by atoms with Crippen molar-refractivity contribution in [2.45, 2.75) is 6.92 Å². The second-order valence-electron chi connectivity index (χ2n) is 4.50. The van der Waals surface area contributed by atoms with Crippen LogP contribution in [0.15, 0.2) is 41.5 Å². The molecule has 6 heteroatoms. The average molecular weight is 306 g/mol. The fraction of sp³-hybridized carbons (Fsp3) is 0.188. The second-order valence-corrected chi connectivity index (χ2v) is 4.50. The van der Waals surface area contributed by atoms with Crippen molar-refractivity contribution in [3.8, 4) is 11.5 Å². The van der Waals surface area contributed by atoms with Crippen molar-refractivity contribution in [2.75, 3.05) is 19.6 Å². The zero-order chi connectivity index (χ0) is 16.1. The van der Waals surface area contributed by atoms with Gasteiger partial charge < -0.3 is 9.47 Å². The Hall–Kier alpha value is -2.63. The summed E-state index contributed by atoms with van der Waals surface area (Å²) in [4.78, 5) is 0. The van der Waals surface area contributed by atoms with Crippen molar-refractivity contribution in [1.82, 2.24) is 0 Å². The maximum absolute atomic E-state index is 13.5. The standard InChI is InChI=1S/C16H16F2N2O2/c1-10(11-4-7-15(21-2)16(8-11)22-3)19-20-14-6-5-12(17)9-13(14)18/h4-9,20H,1-3H3/b19-10-. The van der Waals surface area contributed by atoms with Gasteiger partial charge in [-0.1, -0.05) is 0 Å². The van der Waals surface area contributed by atoms with E-state index in [9.17, 15) is 8.78 Å². The maximum atomic E-state index is 13.5. The summed E-state index contributed by atoms with van der Waals surface area (Å²) in [7, 11) is 3.09. The van der Waals surface area contributed by atoms with Gasteiger partial charge in [0.15, 0.2) is 17.3 Å². The summed E-state index contributed by atoms with van der Waals surface area (Å²) in [6.07, 6.45) is 0. The van der Waals surface area contributed by atoms with Crippen molar-refractivity contribution < 1.29 is 18.3 Å². The smallest absolute Gasteiger partial charge is 0.161 e. The molecule has 0 radical (unpaired) electrons. The largest absolute Gasteiger partial charge is 0.493 e. The predicted molar refractivity (Wildman–Crippen MR) is 81.7 cm³/mol. The van der Waals surface area contributed by atoms with E-state index in [1.165, 1.54) is 6.07 Å². The first-order valence-electron chi connectivity index (χ1n) is 6.53. The highest BCUT2D eigenvalue weighted by molar-refractivity contribution is 5.99. The van der Waals surface area contributed by atoms with E-state index < -0.39 is 11.6 Å². The van der Waals surface area contributed by atoms with E-state index in [4.69, 9.17) is 9.47 Å². The Kier molecular flexibility index (Phi) is 4.93. The fourth-order valence-corrected chi connectivity index (χ4v) is 1.85. The number of nitrogens with zero attached hydrogens (tertiary/aromatic N) is 1. The van der Waals surface area contributed by atoms with Gasteiger partial charge in [-0.05, 0) is 37.3 Å². The minimum absolute atomic E-state index is 0.0984. The summed E-state index contributed by atoms with van der Waals surface area (Å²) >= 11 is 0. The number of rotatable bonds is 5. The quantitative estimate of drug-likeness (QED) is 0.674. The van der Waals surface area contributed by atoms with Crippen molar-refractivity contribution in [3.63, 3.8) is 0 Å². The summed E-state index contributed by atoms with van der Waals surface area (Å²) in [6, 6.07) is 8.57. The summed E-state index contributed by atoms with van der Waals surface area (Å²) in [6.45, 7) is 1.76. The van der Waals surface area contributed by atoms with E-state index >= 15 is 0 Å². The van der Waals surface area contributed by atoms with E-state index in [-0.39, 0.29) is 5.69 Å². The second kappa shape index (κ2) is 6.89. The van der Waals surface area contributed by atoms with Crippen LogP contribution in [0.1, 0.15) is 12.5 Å². The van der Waals surface area contributed by atoms with Gasteiger partial charge in [0.2, 0.25) is 0 Å². The van der Waals surface area contributed by atoms with Crippen LogP contribution >= 0.6 is 0 Å². The van der Waals surface area contributed by atoms with Gasteiger partial charge >= 0.3 is 0 Å². The van der Waals surface area contributed by atoms with E-state index in [1.54, 1.807) is 33.3 Å². The lowest BCUT2D eigenvalue weighted by Crippen LogP contribution is -2.02. The Morgan fingerprint density at radius 2 is 1.73 bits per heavy atom. The predicted octanol–water partition coefficient (Wildman–Crippen LogP) is 3.82. The van der Waals surface area contributed by atoms with Crippen molar-refractivity contribution in [3.05, 3.63) is 53.6 Å². The molecule has 0 amide bonds. The molecule has 1 N–H and O–H groups in total. The molecule has 0 spiro atoms. The molecule has 0 bridgehead atoms. The lowest BCUT2D eigenvalue weighted by molar-refractivity contribution is 0.355. The van der Waals surface area contributed by atoms with Crippen molar-refractivity contribution in [1.29, 1.82) is 0 Å². The third-order valence-electron chi connectivity index (χ3n) is 3.08. The molecule has 0 unspecified atom stereocenters. The number of hydrogen-bond donors (Lipinski definition) is 1. The first-order chi connectivity index (χ1) is 10.5. The Morgan fingerprint density at radius 1 is 1.00 bits per heavy atom. The lowest BCUT2D eigenvalue weighted by Gasteiger charge is -2.10. The molecule has 22 heavy (non-hydrogen) atoms. The first-order valence-corrected chi connectivity index (χ1v) is 6.53. The van der Waals surface area contributed by atoms with Crippen LogP contribution in [0.2, 0.25) is 0 Å². The fourth-order valence-electron chi connectivity index (χ4n) is 1.85. The van der Waals surface area contributed by atoms with Gasteiger partial charge in [0.25, 0.3) is 0 Å². The van der Waals surface area contributed by atoms with Gasteiger partial charge in [-0.2, -0.15) is 5.10 Å². The number of hydrogen-bond acceptors (Lipinski definition) is 4. The average Bonchev–Trinajstić information content (AvgIpc) is 2.53. The van der Waals surface area contributed by atoms with Gasteiger partial charge in [0.05, 0.1) is 25.6 Å². The number of benzene rings is 2. The van der Waals surface area contributed by atoms with Crippen LogP contribution in [0.3, 0.4) is 0 Å². The summed E-state index contributed by atoms with van der Waals surface area (Å²) in [5, 5.41) is 4.09. The molecule has 2 rings (SSSR count). The van der Waals surface area contributed by atoms with Crippen LogP contribution in [0.25, 0.3) is 0 Å². The molecule has 0 aliphatic rings. The van der Waals surface area contributed by atoms with Crippen LogP contribution < -0.4 is 14.9 Å². The van der Waals surface area contributed by atoms with Crippen LogP contribution in [-0.4, -0.2) is 19.9 Å². The zero-order valence-electron chi connectivity index (χ0n) is 12.5. The number of anilines is 1. The third-order valence-corrected chi connectivity index (χ3v) is 3.08. The molecular weight excluding hydrogens is 290 g/mol. The van der Waals surface area contributed by atoms with Crippen LogP contribution in [-0.2, 0) is 0 Å². The molecule has 4 nitrogen and oxygen atoms in total. The minimum atomic E-state index is -0.705. The Balaban J connectivity index is 2.21. The van der Waals surface area contributed by atoms with Crippen molar-refractivity contribution in [2.24, 2.45) is 5.10 Å². The number of ether oxygens (including phenoxy) is 2. The first kappa shape index (κ1) is 15.8. The SMILES string of the molecule is COc1ccc(/C(C)=N\Nc2ccc(F)cc2F)cc1OC. The van der Waals surface area contributed by atoms with Crippen LogP contribution in [0.4, 0.5) is 14.5 Å². The third kappa shape index (κ3) is 3.52. The molecule has 0 aliphatic heterocycles. The highest BCUT2D eigenvalue weighted by Gasteiger charge is 2.07. The molecular formula is C16H16F2N2O2. The molecule has 2 aromatic rings. The molecule has 0 aliphatic carbocycles. The van der Waals surface area contributed by atoms with Gasteiger partial charge in [-0.25, -0.2) is 8.78 Å². The molecule has 0 saturated carbocycles. The molecule has 116 valence electrons. The molecule has 0 heterocycles. The van der Waals surface area contributed by atoms with Crippen LogP contribution in [0.5, 0.6) is 11.5 Å². The van der Waals surface area contributed by atoms with Crippen molar-refractivity contribution >= 4 is 11.4 Å². The van der Waals surface area contributed by atoms with E-state index in [1.807, 2.05) is 6.07 Å². The maximum Gasteiger partial charge on any atom is 0.161 e. The van der Waals surface area contributed by atoms with E-state index in [2.05, 4.69) is 10.5 Å². The molecule has 0 aromatic heterocycles. The lowest BCUT2D eigenvalue weighted by atomic mass is 10.1. The number of methoxy groups -OCH3 is 2. The number of hydrazone groups is 1. The van der Waals surface area contributed by atoms with E-state index in [0.29, 0.717) is 17.2 Å². The Bertz CT molecular complexity index is 703. The Labute approximate surface area is 127 Å². The van der Waals surface area contributed by atoms with Gasteiger partial charge in [0.1, 0.15) is 5.82 Å². The zero-order valence-corrected chi connectivity index (χ0v) is 12.5. The molecule has 2 aromatic carbocycles. The van der Waals surface area contributed by atoms with E-state index in [0.717, 1.165) is 17.7 Å². The summed E-state index contributed by atoms with van der Waals surface area (Å²) in [5.74, 6) is -0.161. The number of nitrogens with one attached hydrogen (secondary N) is 1. The minimum Gasteiger partial charge on any atom is -0.493 e. The van der Waals surface area contributed by atoms with Gasteiger partial charge in [-0.3, -0.25) is 5.43 Å². The molecule has 0 fully saturated rings. The topological polar surface area (TPSA) is 42.8 Å².